The SMILES string of the molecule is CCCCCCCc1ccc(C23NC(=O)N4CC(C(=O)Nc5c(CC)c(NC(=O)C6CN7C(=O)NC8(c9ccc(CCCCCCC)cc9)NC(=O)N(C6)C78c6ccc(CCCCCCC)cc6)c(CC)c(NC(=O)C6CN7C(=O)NC8(c9ccc(CCCCCCC)cc9)NC(=O)N(C6)C78c6ccc(CCCCCCC)cc6)c5CC)CN(C(=O)N2)C43c2ccc(CCCCCCC)cc2)cc1. The molecular weight excluding hydrogens is 1720 g/mol. The Labute approximate surface area is 819 Å². The van der Waals surface area contributed by atoms with Crippen LogP contribution < -0.4 is 47.9 Å². The van der Waals surface area contributed by atoms with Gasteiger partial charge in [0.1, 0.15) is 0 Å². The molecule has 0 bridgehead atoms. The highest BCUT2D eigenvalue weighted by atomic mass is 16.2. The molecule has 0 aliphatic carbocycles. The third-order valence-corrected chi connectivity index (χ3v) is 31.9. The number of nitrogens with zero attached hydrogens (tertiary/aromatic N) is 6. The number of anilines is 3. The molecule has 0 atom stereocenters. The number of amides is 15. The summed E-state index contributed by atoms with van der Waals surface area (Å²) >= 11 is 0. The fourth-order valence-corrected chi connectivity index (χ4v) is 24.6. The highest BCUT2D eigenvalue weighted by molar-refractivity contribution is 6.06. The molecule has 9 aliphatic rings. The summed E-state index contributed by atoms with van der Waals surface area (Å²) in [4.78, 5) is 153. The maximum Gasteiger partial charge on any atom is 0.321 e. The van der Waals surface area contributed by atoms with Crippen LogP contribution in [0.1, 0.15) is 338 Å². The van der Waals surface area contributed by atoms with Crippen LogP contribution in [-0.4, -0.2) is 123 Å². The minimum absolute atomic E-state index is 0.137. The van der Waals surface area contributed by atoms with Crippen LogP contribution in [0.2, 0.25) is 0 Å². The van der Waals surface area contributed by atoms with Gasteiger partial charge in [0, 0.05) is 72.6 Å². The Hall–Kier alpha value is -11.4. The molecule has 15 amide bonds. The van der Waals surface area contributed by atoms with Crippen molar-refractivity contribution in [3.8, 4) is 0 Å². The Morgan fingerprint density at radius 1 is 0.239 bits per heavy atom. The average Bonchev–Trinajstić information content (AvgIpc) is 1.50. The highest BCUT2D eigenvalue weighted by Gasteiger charge is 2.79. The van der Waals surface area contributed by atoms with E-state index in [9.17, 15) is 0 Å². The van der Waals surface area contributed by atoms with E-state index in [1.54, 1.807) is 29.4 Å². The number of hydrogen-bond acceptors (Lipinski definition) is 9. The number of carbonyl (C=O) groups excluding carboxylic acids is 9. The zero-order valence-corrected chi connectivity index (χ0v) is 83.8. The smallest absolute Gasteiger partial charge is 0.321 e. The molecule has 0 spiro atoms. The van der Waals surface area contributed by atoms with Crippen molar-refractivity contribution in [2.24, 2.45) is 17.8 Å². The first-order chi connectivity index (χ1) is 67.2. The van der Waals surface area contributed by atoms with Gasteiger partial charge in [-0.15, -0.1) is 0 Å². The molecule has 9 fully saturated rings. The Morgan fingerprint density at radius 3 is 0.558 bits per heavy atom. The van der Waals surface area contributed by atoms with E-state index in [1.165, 1.54) is 57.8 Å². The minimum Gasteiger partial charge on any atom is -0.325 e. The Morgan fingerprint density at radius 2 is 0.399 bits per heavy atom. The first-order valence-corrected chi connectivity index (χ1v) is 53.5. The van der Waals surface area contributed by atoms with Gasteiger partial charge in [0.15, 0.2) is 34.0 Å². The summed E-state index contributed by atoms with van der Waals surface area (Å²) in [6.07, 6.45) is 39.6. The van der Waals surface area contributed by atoms with Gasteiger partial charge in [0.2, 0.25) is 17.7 Å². The van der Waals surface area contributed by atoms with Gasteiger partial charge in [-0.05, 0) is 146 Å². The van der Waals surface area contributed by atoms with Crippen molar-refractivity contribution in [1.29, 1.82) is 0 Å². The van der Waals surface area contributed by atoms with Gasteiger partial charge >= 0.3 is 36.2 Å². The maximum absolute atomic E-state index is 16.5. The number of rotatable bonds is 51. The summed E-state index contributed by atoms with van der Waals surface area (Å²) in [6, 6.07) is 46.6. The lowest BCUT2D eigenvalue weighted by Gasteiger charge is -2.51. The van der Waals surface area contributed by atoms with Crippen molar-refractivity contribution in [3.63, 3.8) is 0 Å². The maximum atomic E-state index is 16.5. The third kappa shape index (κ3) is 18.4. The van der Waals surface area contributed by atoms with E-state index in [4.69, 9.17) is 0 Å². The predicted octanol–water partition coefficient (Wildman–Crippen LogP) is 22.4. The van der Waals surface area contributed by atoms with E-state index in [0.29, 0.717) is 67.1 Å². The van der Waals surface area contributed by atoms with Crippen LogP contribution >= 0.6 is 0 Å². The van der Waals surface area contributed by atoms with Gasteiger partial charge in [-0.2, -0.15) is 0 Å². The normalized spacial score (nSPS) is 23.6. The second kappa shape index (κ2) is 43.9. The van der Waals surface area contributed by atoms with E-state index in [0.717, 1.165) is 207 Å². The molecule has 9 heterocycles. The summed E-state index contributed by atoms with van der Waals surface area (Å²) < 4.78 is 0. The quantitative estimate of drug-likeness (QED) is 0.0164. The Kier molecular flexibility index (Phi) is 31.7. The molecule has 24 nitrogen and oxygen atoms in total. The summed E-state index contributed by atoms with van der Waals surface area (Å²) in [5.74, 6) is -4.83. The average molecular weight is 1880 g/mol. The van der Waals surface area contributed by atoms with Crippen LogP contribution in [0.25, 0.3) is 0 Å². The molecule has 738 valence electrons. The number of nitrogens with one attached hydrogen (secondary N) is 9. The van der Waals surface area contributed by atoms with Gasteiger partial charge in [-0.25, -0.2) is 28.8 Å². The van der Waals surface area contributed by atoms with E-state index in [2.05, 4.69) is 162 Å². The van der Waals surface area contributed by atoms with Gasteiger partial charge in [-0.3, -0.25) is 43.8 Å². The molecule has 7 aromatic rings. The zero-order chi connectivity index (χ0) is 96.9. The number of carbonyl (C=O) groups is 9. The molecule has 0 radical (unpaired) electrons. The molecule has 138 heavy (non-hydrogen) atoms. The van der Waals surface area contributed by atoms with Crippen LogP contribution in [0.5, 0.6) is 0 Å². The summed E-state index contributed by atoms with van der Waals surface area (Å²) in [5.41, 5.74) is 4.34. The lowest BCUT2D eigenvalue weighted by molar-refractivity contribution is -0.128. The Balaban J connectivity index is 0.771. The van der Waals surface area contributed by atoms with Crippen molar-refractivity contribution in [2.45, 2.75) is 347 Å². The molecule has 16 rings (SSSR count). The van der Waals surface area contributed by atoms with Crippen LogP contribution in [0.15, 0.2) is 146 Å². The highest BCUT2D eigenvalue weighted by Crippen LogP contribution is 2.61. The number of benzene rings is 7. The number of urea groups is 6. The summed E-state index contributed by atoms with van der Waals surface area (Å²) in [7, 11) is 0. The standard InChI is InChI=1S/C114H153N15O9/c1-10-19-25-31-37-43-79-49-61-88(62-50-79)109-112(91-67-55-82(56-68-91)46-40-34-28-22-13-4)124(103(133)118-109)73-85(74-125(112)104(134)119-109)100(130)115-97-94(16-7)98(116-101(131)86-75-126-105(135)120-110(89-63-51-80(52-64-89)44-38-32-26-20-11-2)113(126,127(76-86)106(136)121-110)92-69-57-83(58-70-92)47-41-35-29-23-14-5)96(18-9)99(95(97)17-8)117-102(132)87-77-128-107(137)122-111(90-65-53-81(54-66-90)45-39-33-27-21-12-3)114(128,129(78-87)108(138)123-111)93-71-59-84(60-72-93)48-42-36-30-24-15-6/h49-72,85-87H,10-48,73-78H2,1-9H3,(H,115,130)(H,116,131)(H,117,132)(H,118,133)(H,119,134)(H,120,135)(H,121,136)(H,122,137)(H,123,138). The van der Waals surface area contributed by atoms with Crippen LogP contribution in [0.3, 0.4) is 0 Å². The molecule has 24 heteroatoms. The second-order valence-corrected chi connectivity index (χ2v) is 40.9. The van der Waals surface area contributed by atoms with Crippen molar-refractivity contribution in [2.75, 3.05) is 55.2 Å². The van der Waals surface area contributed by atoms with Crippen LogP contribution in [0.4, 0.5) is 45.8 Å². The van der Waals surface area contributed by atoms with E-state index in [-0.39, 0.29) is 58.5 Å². The molecule has 0 saturated carbocycles. The fraction of sp³-hybridized carbons (Fsp3) is 0.553. The number of aryl methyl sites for hydroxylation is 6. The summed E-state index contributed by atoms with van der Waals surface area (Å²) in [5, 5.41) is 30.3. The molecular formula is C114H153N15O9. The first-order valence-electron chi connectivity index (χ1n) is 53.5. The third-order valence-electron chi connectivity index (χ3n) is 31.9. The predicted molar refractivity (Wildman–Crippen MR) is 546 cm³/mol. The van der Waals surface area contributed by atoms with Gasteiger partial charge in [-0.1, -0.05) is 362 Å². The molecule has 7 aromatic carbocycles. The molecule has 9 N–H and O–H groups in total. The minimum atomic E-state index is -1.51. The number of unbranched alkanes of at least 4 members (excludes halogenated alkanes) is 24. The van der Waals surface area contributed by atoms with E-state index < -0.39 is 106 Å². The zero-order valence-electron chi connectivity index (χ0n) is 83.8. The fourth-order valence-electron chi connectivity index (χ4n) is 24.6. The lowest BCUT2D eigenvalue weighted by Crippen LogP contribution is -2.67. The monoisotopic (exact) mass is 1880 g/mol. The molecule has 0 aromatic heterocycles. The van der Waals surface area contributed by atoms with Crippen molar-refractivity contribution in [1.82, 2.24) is 61.3 Å². The van der Waals surface area contributed by atoms with Gasteiger partial charge in [0.25, 0.3) is 0 Å². The van der Waals surface area contributed by atoms with Crippen molar-refractivity contribution < 1.29 is 43.2 Å². The van der Waals surface area contributed by atoms with E-state index in [1.807, 2.05) is 93.6 Å². The molecule has 9 aliphatic heterocycles. The molecule has 9 saturated heterocycles. The van der Waals surface area contributed by atoms with E-state index >= 15 is 43.2 Å². The molecule has 0 unspecified atom stereocenters. The van der Waals surface area contributed by atoms with Gasteiger partial charge < -0.3 is 47.9 Å². The van der Waals surface area contributed by atoms with Crippen molar-refractivity contribution >= 4 is 71.0 Å². The lowest BCUT2D eigenvalue weighted by atomic mass is 9.78. The largest absolute Gasteiger partial charge is 0.325 e. The summed E-state index contributed by atoms with van der Waals surface area (Å²) in [6.45, 7) is 18.3. The van der Waals surface area contributed by atoms with Crippen LogP contribution in [0, 0.1) is 17.8 Å². The second-order valence-electron chi connectivity index (χ2n) is 40.9. The Bertz CT molecular complexity index is 4830. The number of hydrogen-bond donors (Lipinski definition) is 9. The topological polar surface area (TPSA) is 281 Å². The first kappa shape index (κ1) is 99.6. The van der Waals surface area contributed by atoms with Crippen LogP contribution in [-0.2, 0) is 106 Å². The van der Waals surface area contributed by atoms with Gasteiger partial charge in [0.05, 0.1) is 34.8 Å². The van der Waals surface area contributed by atoms with Crippen molar-refractivity contribution in [3.05, 3.63) is 229 Å².